The molecule has 1 heterocycles. The van der Waals surface area contributed by atoms with Gasteiger partial charge < -0.3 is 15.8 Å². The van der Waals surface area contributed by atoms with E-state index < -0.39 is 0 Å². The van der Waals surface area contributed by atoms with E-state index in [2.05, 4.69) is 10.3 Å². The molecule has 1 aliphatic rings. The Hall–Kier alpha value is -2.73. The first-order valence-electron chi connectivity index (χ1n) is 8.79. The number of hydrogen-bond acceptors (Lipinski definition) is 5. The third kappa shape index (κ3) is 4.67. The van der Waals surface area contributed by atoms with Gasteiger partial charge in [0.2, 0.25) is 5.88 Å². The number of Topliss-reactive ketones (excluding diaryl/α,β-unsaturated/α-hetero) is 1. The second kappa shape index (κ2) is 8.10. The lowest BCUT2D eigenvalue weighted by molar-refractivity contribution is -0.117. The molecule has 6 heteroatoms. The van der Waals surface area contributed by atoms with Crippen LogP contribution in [0.4, 0.5) is 0 Å². The third-order valence-electron chi connectivity index (χ3n) is 4.44. The molecule has 1 atom stereocenters. The van der Waals surface area contributed by atoms with Gasteiger partial charge in [0, 0.05) is 43.3 Å². The molecule has 1 aromatic heterocycles. The Labute approximate surface area is 152 Å². The van der Waals surface area contributed by atoms with Crippen LogP contribution >= 0.6 is 0 Å². The summed E-state index contributed by atoms with van der Waals surface area (Å²) < 4.78 is 5.79. The minimum absolute atomic E-state index is 0.172. The minimum Gasteiger partial charge on any atom is -0.439 e. The second-order valence-corrected chi connectivity index (χ2v) is 6.65. The summed E-state index contributed by atoms with van der Waals surface area (Å²) in [7, 11) is 0. The molecule has 3 N–H and O–H groups in total. The highest BCUT2D eigenvalue weighted by molar-refractivity contribution is 5.94. The van der Waals surface area contributed by atoms with Gasteiger partial charge in [-0.05, 0) is 49.1 Å². The average Bonchev–Trinajstić information content (AvgIpc) is 3.04. The van der Waals surface area contributed by atoms with Crippen molar-refractivity contribution >= 4 is 11.7 Å². The summed E-state index contributed by atoms with van der Waals surface area (Å²) in [5.74, 6) is 1.34. The molecule has 1 aromatic carbocycles. The number of ketones is 1. The van der Waals surface area contributed by atoms with Crippen LogP contribution in [0.1, 0.15) is 40.9 Å². The third-order valence-corrected chi connectivity index (χ3v) is 4.44. The van der Waals surface area contributed by atoms with Gasteiger partial charge in [-0.3, -0.25) is 9.59 Å². The molecule has 1 fully saturated rings. The highest BCUT2D eigenvalue weighted by atomic mass is 16.5. The number of carbonyl (C=O) groups is 2. The summed E-state index contributed by atoms with van der Waals surface area (Å²) in [5, 5.41) is 2.90. The molecule has 26 heavy (non-hydrogen) atoms. The monoisotopic (exact) mass is 353 g/mol. The SMILES string of the molecule is Cc1cc(CN)cc(Oc2cccc(C(=O)NCC3CCC(=O)C3)c2)n1. The van der Waals surface area contributed by atoms with Crippen LogP contribution in [0, 0.1) is 12.8 Å². The van der Waals surface area contributed by atoms with Crippen molar-refractivity contribution in [2.75, 3.05) is 6.54 Å². The van der Waals surface area contributed by atoms with Crippen LogP contribution in [0.3, 0.4) is 0 Å². The van der Waals surface area contributed by atoms with Crippen molar-refractivity contribution in [3.8, 4) is 11.6 Å². The van der Waals surface area contributed by atoms with E-state index in [-0.39, 0.29) is 17.6 Å². The molecule has 1 saturated carbocycles. The Morgan fingerprint density at radius 2 is 2.19 bits per heavy atom. The van der Waals surface area contributed by atoms with Crippen molar-refractivity contribution < 1.29 is 14.3 Å². The first-order valence-corrected chi connectivity index (χ1v) is 8.79. The zero-order valence-electron chi connectivity index (χ0n) is 14.8. The largest absolute Gasteiger partial charge is 0.439 e. The van der Waals surface area contributed by atoms with Crippen molar-refractivity contribution in [2.45, 2.75) is 32.7 Å². The number of hydrogen-bond donors (Lipinski definition) is 2. The van der Waals surface area contributed by atoms with Crippen LogP contribution in [0.25, 0.3) is 0 Å². The number of amides is 1. The molecular formula is C20H23N3O3. The number of nitrogens with one attached hydrogen (secondary N) is 1. The summed E-state index contributed by atoms with van der Waals surface area (Å²) in [5.41, 5.74) is 7.95. The van der Waals surface area contributed by atoms with Crippen molar-refractivity contribution in [2.24, 2.45) is 11.7 Å². The fourth-order valence-electron chi connectivity index (χ4n) is 3.10. The maximum atomic E-state index is 12.4. The molecule has 6 nitrogen and oxygen atoms in total. The number of nitrogens with zero attached hydrogens (tertiary/aromatic N) is 1. The van der Waals surface area contributed by atoms with Gasteiger partial charge in [0.15, 0.2) is 0 Å². The van der Waals surface area contributed by atoms with E-state index in [1.165, 1.54) is 0 Å². The van der Waals surface area contributed by atoms with Crippen LogP contribution in [0.2, 0.25) is 0 Å². The van der Waals surface area contributed by atoms with E-state index in [1.807, 2.05) is 13.0 Å². The molecule has 3 rings (SSSR count). The van der Waals surface area contributed by atoms with Gasteiger partial charge in [-0.25, -0.2) is 4.98 Å². The Balaban J connectivity index is 1.65. The molecule has 0 saturated heterocycles. The zero-order chi connectivity index (χ0) is 18.5. The predicted octanol–water partition coefficient (Wildman–Crippen LogP) is 2.74. The van der Waals surface area contributed by atoms with Gasteiger partial charge in [0.1, 0.15) is 11.5 Å². The molecule has 0 radical (unpaired) electrons. The Bertz CT molecular complexity index is 820. The van der Waals surface area contributed by atoms with Gasteiger partial charge in [-0.1, -0.05) is 6.07 Å². The Morgan fingerprint density at radius 3 is 2.92 bits per heavy atom. The molecule has 1 aliphatic carbocycles. The molecule has 2 aromatic rings. The normalized spacial score (nSPS) is 16.5. The van der Waals surface area contributed by atoms with E-state index in [4.69, 9.17) is 10.5 Å². The molecule has 0 bridgehead atoms. The number of rotatable bonds is 6. The average molecular weight is 353 g/mol. The molecule has 1 amide bonds. The zero-order valence-corrected chi connectivity index (χ0v) is 14.8. The first-order chi connectivity index (χ1) is 12.5. The molecule has 0 aliphatic heterocycles. The minimum atomic E-state index is -0.172. The van der Waals surface area contributed by atoms with E-state index in [1.54, 1.807) is 30.3 Å². The second-order valence-electron chi connectivity index (χ2n) is 6.65. The van der Waals surface area contributed by atoms with E-state index in [0.717, 1.165) is 17.7 Å². The number of pyridine rings is 1. The van der Waals surface area contributed by atoms with Crippen LogP contribution in [0.5, 0.6) is 11.6 Å². The number of nitrogens with two attached hydrogens (primary N) is 1. The summed E-state index contributed by atoms with van der Waals surface area (Å²) >= 11 is 0. The number of ether oxygens (including phenoxy) is 1. The van der Waals surface area contributed by atoms with Crippen molar-refractivity contribution in [1.82, 2.24) is 10.3 Å². The smallest absolute Gasteiger partial charge is 0.251 e. The molecule has 136 valence electrons. The quantitative estimate of drug-likeness (QED) is 0.833. The van der Waals surface area contributed by atoms with Crippen molar-refractivity contribution in [1.29, 1.82) is 0 Å². The van der Waals surface area contributed by atoms with Crippen molar-refractivity contribution in [3.63, 3.8) is 0 Å². The lowest BCUT2D eigenvalue weighted by atomic mass is 10.1. The van der Waals surface area contributed by atoms with Gasteiger partial charge in [0.25, 0.3) is 5.91 Å². The van der Waals surface area contributed by atoms with E-state index >= 15 is 0 Å². The van der Waals surface area contributed by atoms with E-state index in [0.29, 0.717) is 43.1 Å². The number of benzene rings is 1. The standard InChI is InChI=1S/C20H23N3O3/c1-13-7-15(11-21)9-19(23-13)26-18-4-2-3-16(10-18)20(25)22-12-14-5-6-17(24)8-14/h2-4,7,9-10,14H,5-6,8,11-12,21H2,1H3,(H,22,25). The highest BCUT2D eigenvalue weighted by Gasteiger charge is 2.22. The Morgan fingerprint density at radius 1 is 1.35 bits per heavy atom. The maximum Gasteiger partial charge on any atom is 0.251 e. The van der Waals surface area contributed by atoms with Gasteiger partial charge in [-0.15, -0.1) is 0 Å². The summed E-state index contributed by atoms with van der Waals surface area (Å²) in [6.45, 7) is 2.81. The fraction of sp³-hybridized carbons (Fsp3) is 0.350. The van der Waals surface area contributed by atoms with Gasteiger partial charge in [0.05, 0.1) is 0 Å². The van der Waals surface area contributed by atoms with Crippen LogP contribution in [-0.2, 0) is 11.3 Å². The highest BCUT2D eigenvalue weighted by Crippen LogP contribution is 2.23. The molecular weight excluding hydrogens is 330 g/mol. The van der Waals surface area contributed by atoms with Crippen molar-refractivity contribution in [3.05, 3.63) is 53.2 Å². The Kier molecular flexibility index (Phi) is 5.63. The van der Waals surface area contributed by atoms with E-state index in [9.17, 15) is 9.59 Å². The lowest BCUT2D eigenvalue weighted by Crippen LogP contribution is -2.28. The fourth-order valence-corrected chi connectivity index (χ4v) is 3.10. The number of aromatic nitrogens is 1. The maximum absolute atomic E-state index is 12.4. The summed E-state index contributed by atoms with van der Waals surface area (Å²) in [6, 6.07) is 10.7. The molecule has 0 spiro atoms. The summed E-state index contributed by atoms with van der Waals surface area (Å²) in [6.07, 6.45) is 2.04. The molecule has 1 unspecified atom stereocenters. The number of aryl methyl sites for hydroxylation is 1. The predicted molar refractivity (Wildman–Crippen MR) is 98.1 cm³/mol. The van der Waals surface area contributed by atoms with Gasteiger partial charge in [-0.2, -0.15) is 0 Å². The first kappa shape index (κ1) is 18.1. The van der Waals surface area contributed by atoms with Crippen LogP contribution < -0.4 is 15.8 Å². The number of carbonyl (C=O) groups excluding carboxylic acids is 2. The topological polar surface area (TPSA) is 94.3 Å². The lowest BCUT2D eigenvalue weighted by Gasteiger charge is -2.11. The van der Waals surface area contributed by atoms with Crippen LogP contribution in [0.15, 0.2) is 36.4 Å². The summed E-state index contributed by atoms with van der Waals surface area (Å²) in [4.78, 5) is 28.0. The van der Waals surface area contributed by atoms with Crippen LogP contribution in [-0.4, -0.2) is 23.2 Å². The van der Waals surface area contributed by atoms with Gasteiger partial charge >= 0.3 is 0 Å².